The summed E-state index contributed by atoms with van der Waals surface area (Å²) in [5.41, 5.74) is 3.94. The second-order valence-electron chi connectivity index (χ2n) is 4.54. The zero-order valence-electron chi connectivity index (χ0n) is 11.6. The van der Waals surface area contributed by atoms with Crippen molar-refractivity contribution in [1.29, 1.82) is 0 Å². The Balaban J connectivity index is 1.88. The van der Waals surface area contributed by atoms with E-state index in [1.165, 1.54) is 16.8 Å². The van der Waals surface area contributed by atoms with Crippen molar-refractivity contribution in [3.05, 3.63) is 59.7 Å². The van der Waals surface area contributed by atoms with E-state index in [2.05, 4.69) is 48.6 Å². The standard InChI is InChI=1S/C17H21NO/c1-3-15-6-4-5-7-17(15)18-13-12-14-8-10-16(19-2)11-9-14/h4-11,18H,3,12-13H2,1-2H3. The maximum atomic E-state index is 5.16. The van der Waals surface area contributed by atoms with Gasteiger partial charge in [0.1, 0.15) is 5.75 Å². The van der Waals surface area contributed by atoms with Gasteiger partial charge in [0, 0.05) is 12.2 Å². The molecule has 0 unspecified atom stereocenters. The first kappa shape index (κ1) is 13.5. The molecule has 2 aromatic rings. The summed E-state index contributed by atoms with van der Waals surface area (Å²) in [6.45, 7) is 3.13. The van der Waals surface area contributed by atoms with E-state index < -0.39 is 0 Å². The van der Waals surface area contributed by atoms with Crippen LogP contribution in [0.4, 0.5) is 5.69 Å². The number of anilines is 1. The fourth-order valence-corrected chi connectivity index (χ4v) is 2.13. The molecule has 0 fully saturated rings. The van der Waals surface area contributed by atoms with E-state index in [4.69, 9.17) is 4.74 Å². The van der Waals surface area contributed by atoms with E-state index >= 15 is 0 Å². The molecule has 0 bridgehead atoms. The topological polar surface area (TPSA) is 21.3 Å². The van der Waals surface area contributed by atoms with Gasteiger partial charge in [-0.05, 0) is 42.2 Å². The summed E-state index contributed by atoms with van der Waals surface area (Å²) in [7, 11) is 1.69. The molecule has 19 heavy (non-hydrogen) atoms. The van der Waals surface area contributed by atoms with Gasteiger partial charge in [-0.2, -0.15) is 0 Å². The Morgan fingerprint density at radius 2 is 1.74 bits per heavy atom. The Morgan fingerprint density at radius 1 is 1.00 bits per heavy atom. The number of hydrogen-bond acceptors (Lipinski definition) is 2. The van der Waals surface area contributed by atoms with E-state index in [9.17, 15) is 0 Å². The van der Waals surface area contributed by atoms with E-state index in [0.29, 0.717) is 0 Å². The largest absolute Gasteiger partial charge is 0.497 e. The molecular formula is C17H21NO. The van der Waals surface area contributed by atoms with E-state index in [-0.39, 0.29) is 0 Å². The van der Waals surface area contributed by atoms with Crippen molar-refractivity contribution in [2.75, 3.05) is 19.0 Å². The molecule has 0 aromatic heterocycles. The van der Waals surface area contributed by atoms with Crippen molar-refractivity contribution in [3.8, 4) is 5.75 Å². The van der Waals surface area contributed by atoms with Gasteiger partial charge in [-0.25, -0.2) is 0 Å². The molecule has 2 rings (SSSR count). The predicted octanol–water partition coefficient (Wildman–Crippen LogP) is 3.91. The lowest BCUT2D eigenvalue weighted by atomic mass is 10.1. The van der Waals surface area contributed by atoms with Crippen LogP contribution < -0.4 is 10.1 Å². The van der Waals surface area contributed by atoms with Crippen LogP contribution >= 0.6 is 0 Å². The number of methoxy groups -OCH3 is 1. The molecule has 0 saturated carbocycles. The highest BCUT2D eigenvalue weighted by Gasteiger charge is 1.99. The SMILES string of the molecule is CCc1ccccc1NCCc1ccc(OC)cc1. The van der Waals surface area contributed by atoms with Gasteiger partial charge in [0.15, 0.2) is 0 Å². The first-order valence-electron chi connectivity index (χ1n) is 6.78. The Kier molecular flexibility index (Phi) is 4.85. The van der Waals surface area contributed by atoms with Gasteiger partial charge in [-0.1, -0.05) is 37.3 Å². The fourth-order valence-electron chi connectivity index (χ4n) is 2.13. The Labute approximate surface area is 115 Å². The molecule has 0 radical (unpaired) electrons. The maximum absolute atomic E-state index is 5.16. The summed E-state index contributed by atoms with van der Waals surface area (Å²) in [5.74, 6) is 0.910. The third kappa shape index (κ3) is 3.75. The summed E-state index contributed by atoms with van der Waals surface area (Å²) < 4.78 is 5.16. The molecule has 2 nitrogen and oxygen atoms in total. The zero-order valence-corrected chi connectivity index (χ0v) is 11.6. The maximum Gasteiger partial charge on any atom is 0.118 e. The normalized spacial score (nSPS) is 10.2. The van der Waals surface area contributed by atoms with Crippen LogP contribution in [0.25, 0.3) is 0 Å². The van der Waals surface area contributed by atoms with Gasteiger partial charge in [0.25, 0.3) is 0 Å². The van der Waals surface area contributed by atoms with E-state index in [1.54, 1.807) is 7.11 Å². The molecule has 0 aliphatic rings. The summed E-state index contributed by atoms with van der Waals surface area (Å²) in [5, 5.41) is 3.51. The second-order valence-corrected chi connectivity index (χ2v) is 4.54. The Bertz CT molecular complexity index is 505. The number of benzene rings is 2. The summed E-state index contributed by atoms with van der Waals surface area (Å²) >= 11 is 0. The highest BCUT2D eigenvalue weighted by Crippen LogP contribution is 2.16. The van der Waals surface area contributed by atoms with E-state index in [0.717, 1.165) is 25.1 Å². The van der Waals surface area contributed by atoms with Crippen LogP contribution in [0.1, 0.15) is 18.1 Å². The smallest absolute Gasteiger partial charge is 0.118 e. The lowest BCUT2D eigenvalue weighted by molar-refractivity contribution is 0.414. The van der Waals surface area contributed by atoms with Crippen molar-refractivity contribution in [2.24, 2.45) is 0 Å². The zero-order chi connectivity index (χ0) is 13.5. The first-order valence-corrected chi connectivity index (χ1v) is 6.78. The third-order valence-electron chi connectivity index (χ3n) is 3.29. The quantitative estimate of drug-likeness (QED) is 0.845. The average Bonchev–Trinajstić information content (AvgIpc) is 2.48. The Morgan fingerprint density at radius 3 is 2.42 bits per heavy atom. The minimum absolute atomic E-state index is 0.910. The molecule has 0 amide bonds. The van der Waals surface area contributed by atoms with Gasteiger partial charge in [0.05, 0.1) is 7.11 Å². The van der Waals surface area contributed by atoms with Crippen LogP contribution in [0, 0.1) is 0 Å². The van der Waals surface area contributed by atoms with Crippen molar-refractivity contribution in [1.82, 2.24) is 0 Å². The van der Waals surface area contributed by atoms with Gasteiger partial charge in [0.2, 0.25) is 0 Å². The molecule has 0 spiro atoms. The van der Waals surface area contributed by atoms with Crippen LogP contribution in [0.3, 0.4) is 0 Å². The Hall–Kier alpha value is -1.96. The molecule has 0 atom stereocenters. The number of ether oxygens (including phenoxy) is 1. The molecule has 0 aliphatic heterocycles. The van der Waals surface area contributed by atoms with Crippen LogP contribution in [-0.4, -0.2) is 13.7 Å². The molecule has 1 N–H and O–H groups in total. The van der Waals surface area contributed by atoms with Gasteiger partial charge in [-0.15, -0.1) is 0 Å². The predicted molar refractivity (Wildman–Crippen MR) is 81.0 cm³/mol. The lowest BCUT2D eigenvalue weighted by Gasteiger charge is -2.11. The molecule has 100 valence electrons. The number of hydrogen-bond donors (Lipinski definition) is 1. The van der Waals surface area contributed by atoms with Crippen LogP contribution in [0.2, 0.25) is 0 Å². The first-order chi connectivity index (χ1) is 9.33. The van der Waals surface area contributed by atoms with Gasteiger partial charge in [-0.3, -0.25) is 0 Å². The van der Waals surface area contributed by atoms with E-state index in [1.807, 2.05) is 12.1 Å². The lowest BCUT2D eigenvalue weighted by Crippen LogP contribution is -2.06. The minimum Gasteiger partial charge on any atom is -0.497 e. The fraction of sp³-hybridized carbons (Fsp3) is 0.294. The molecule has 0 aliphatic carbocycles. The second kappa shape index (κ2) is 6.83. The molecule has 2 heteroatoms. The van der Waals surface area contributed by atoms with Gasteiger partial charge < -0.3 is 10.1 Å². The number of nitrogens with one attached hydrogen (secondary N) is 1. The van der Waals surface area contributed by atoms with Crippen molar-refractivity contribution < 1.29 is 4.74 Å². The summed E-state index contributed by atoms with van der Waals surface area (Å²) in [6.07, 6.45) is 2.08. The average molecular weight is 255 g/mol. The number of para-hydroxylation sites is 1. The van der Waals surface area contributed by atoms with Crippen LogP contribution in [0.15, 0.2) is 48.5 Å². The van der Waals surface area contributed by atoms with Crippen molar-refractivity contribution in [2.45, 2.75) is 19.8 Å². The monoisotopic (exact) mass is 255 g/mol. The molecule has 2 aromatic carbocycles. The minimum atomic E-state index is 0.910. The summed E-state index contributed by atoms with van der Waals surface area (Å²) in [4.78, 5) is 0. The van der Waals surface area contributed by atoms with Gasteiger partial charge >= 0.3 is 0 Å². The molecule has 0 heterocycles. The summed E-state index contributed by atoms with van der Waals surface area (Å²) in [6, 6.07) is 16.7. The van der Waals surface area contributed by atoms with Crippen molar-refractivity contribution in [3.63, 3.8) is 0 Å². The highest BCUT2D eigenvalue weighted by atomic mass is 16.5. The molecule has 0 saturated heterocycles. The molecular weight excluding hydrogens is 234 g/mol. The van der Waals surface area contributed by atoms with Crippen molar-refractivity contribution >= 4 is 5.69 Å². The number of aryl methyl sites for hydroxylation is 1. The highest BCUT2D eigenvalue weighted by molar-refractivity contribution is 5.51. The number of rotatable bonds is 6. The van der Waals surface area contributed by atoms with Crippen LogP contribution in [-0.2, 0) is 12.8 Å². The van der Waals surface area contributed by atoms with Crippen LogP contribution in [0.5, 0.6) is 5.75 Å². The third-order valence-corrected chi connectivity index (χ3v) is 3.29.